The Kier molecular flexibility index (Phi) is 5.65. The molecule has 0 bridgehead atoms. The molecule has 2 aromatic rings. The standard InChI is InChI=1S/C26H25FN4O3/c1-2-14-30-20-15-31(23(17-6-4-3-5-7-17)24(32)28-19-12-13-19)25(33)21(20)22(29-26(30)34)16-8-10-18(27)11-9-16/h2-11,19,22-23H,1,12-15H2,(H,28,32)(H,29,34)/t22-,23+/m1/s1. The van der Waals surface area contributed by atoms with Crippen molar-refractivity contribution in [3.05, 3.63) is 95.5 Å². The van der Waals surface area contributed by atoms with Gasteiger partial charge in [-0.05, 0) is 36.1 Å². The molecule has 0 unspecified atom stereocenters. The van der Waals surface area contributed by atoms with Crippen molar-refractivity contribution in [2.45, 2.75) is 31.0 Å². The van der Waals surface area contributed by atoms with Crippen molar-refractivity contribution in [2.24, 2.45) is 0 Å². The maximum Gasteiger partial charge on any atom is 0.322 e. The third-order valence-electron chi connectivity index (χ3n) is 6.36. The molecule has 5 rings (SSSR count). The molecule has 2 atom stereocenters. The van der Waals surface area contributed by atoms with Crippen LogP contribution in [-0.4, -0.2) is 46.8 Å². The summed E-state index contributed by atoms with van der Waals surface area (Å²) in [6, 6.07) is 13.0. The summed E-state index contributed by atoms with van der Waals surface area (Å²) < 4.78 is 13.6. The lowest BCUT2D eigenvalue weighted by molar-refractivity contribution is -0.136. The summed E-state index contributed by atoms with van der Waals surface area (Å²) in [5.41, 5.74) is 2.20. The molecule has 7 nitrogen and oxygen atoms in total. The summed E-state index contributed by atoms with van der Waals surface area (Å²) in [7, 11) is 0. The van der Waals surface area contributed by atoms with E-state index in [1.54, 1.807) is 18.2 Å². The van der Waals surface area contributed by atoms with Gasteiger partial charge in [0.15, 0.2) is 0 Å². The molecule has 0 saturated heterocycles. The number of carbonyl (C=O) groups excluding carboxylic acids is 3. The van der Waals surface area contributed by atoms with Gasteiger partial charge in [0.05, 0.1) is 23.9 Å². The first-order chi connectivity index (χ1) is 16.5. The van der Waals surface area contributed by atoms with Gasteiger partial charge in [-0.3, -0.25) is 14.5 Å². The molecule has 2 aromatic carbocycles. The second-order valence-electron chi connectivity index (χ2n) is 8.72. The molecule has 2 heterocycles. The zero-order valence-corrected chi connectivity index (χ0v) is 18.5. The molecule has 34 heavy (non-hydrogen) atoms. The van der Waals surface area contributed by atoms with E-state index in [2.05, 4.69) is 17.2 Å². The average molecular weight is 461 g/mol. The van der Waals surface area contributed by atoms with Gasteiger partial charge in [0.25, 0.3) is 5.91 Å². The summed E-state index contributed by atoms with van der Waals surface area (Å²) in [5.74, 6) is -0.985. The summed E-state index contributed by atoms with van der Waals surface area (Å²) in [6.45, 7) is 4.05. The molecular weight excluding hydrogens is 435 g/mol. The van der Waals surface area contributed by atoms with Crippen LogP contribution >= 0.6 is 0 Å². The predicted octanol–water partition coefficient (Wildman–Crippen LogP) is 3.19. The largest absolute Gasteiger partial charge is 0.351 e. The number of hydrogen-bond acceptors (Lipinski definition) is 3. The molecule has 3 aliphatic rings. The third-order valence-corrected chi connectivity index (χ3v) is 6.36. The topological polar surface area (TPSA) is 81.8 Å². The zero-order chi connectivity index (χ0) is 23.8. The van der Waals surface area contributed by atoms with E-state index < -0.39 is 17.9 Å². The van der Waals surface area contributed by atoms with E-state index in [1.165, 1.54) is 21.9 Å². The maximum atomic E-state index is 13.9. The number of nitrogens with one attached hydrogen (secondary N) is 2. The van der Waals surface area contributed by atoms with Crippen LogP contribution in [0.2, 0.25) is 0 Å². The van der Waals surface area contributed by atoms with Crippen molar-refractivity contribution in [3.63, 3.8) is 0 Å². The van der Waals surface area contributed by atoms with Gasteiger partial charge >= 0.3 is 6.03 Å². The minimum Gasteiger partial charge on any atom is -0.351 e. The molecule has 1 fully saturated rings. The highest BCUT2D eigenvalue weighted by Crippen LogP contribution is 2.40. The van der Waals surface area contributed by atoms with Crippen molar-refractivity contribution in [3.8, 4) is 0 Å². The first-order valence-electron chi connectivity index (χ1n) is 11.3. The Morgan fingerprint density at radius 3 is 2.50 bits per heavy atom. The Morgan fingerprint density at radius 2 is 1.85 bits per heavy atom. The minimum atomic E-state index is -0.838. The lowest BCUT2D eigenvalue weighted by Gasteiger charge is -2.33. The Morgan fingerprint density at radius 1 is 1.15 bits per heavy atom. The van der Waals surface area contributed by atoms with Crippen LogP contribution in [0.25, 0.3) is 0 Å². The monoisotopic (exact) mass is 460 g/mol. The van der Waals surface area contributed by atoms with Crippen LogP contribution in [0.4, 0.5) is 9.18 Å². The highest BCUT2D eigenvalue weighted by atomic mass is 19.1. The Labute approximate surface area is 196 Å². The highest BCUT2D eigenvalue weighted by molar-refractivity contribution is 6.04. The van der Waals surface area contributed by atoms with E-state index in [0.29, 0.717) is 22.4 Å². The van der Waals surface area contributed by atoms with E-state index in [9.17, 15) is 18.8 Å². The van der Waals surface area contributed by atoms with Gasteiger partial charge in [-0.15, -0.1) is 6.58 Å². The van der Waals surface area contributed by atoms with Crippen LogP contribution in [-0.2, 0) is 9.59 Å². The van der Waals surface area contributed by atoms with Crippen molar-refractivity contribution >= 4 is 17.8 Å². The molecule has 8 heteroatoms. The molecule has 2 N–H and O–H groups in total. The maximum absolute atomic E-state index is 13.9. The van der Waals surface area contributed by atoms with Gasteiger partial charge in [-0.25, -0.2) is 9.18 Å². The number of carbonyl (C=O) groups is 3. The lowest BCUT2D eigenvalue weighted by Crippen LogP contribution is -2.47. The van der Waals surface area contributed by atoms with E-state index in [-0.39, 0.29) is 37.0 Å². The number of nitrogens with zero attached hydrogens (tertiary/aromatic N) is 2. The molecular formula is C26H25FN4O3. The van der Waals surface area contributed by atoms with Crippen LogP contribution < -0.4 is 10.6 Å². The Hall–Kier alpha value is -3.94. The molecule has 2 aliphatic heterocycles. The number of rotatable bonds is 7. The second kappa shape index (κ2) is 8.78. The molecule has 1 saturated carbocycles. The first kappa shape index (κ1) is 21.9. The van der Waals surface area contributed by atoms with Crippen LogP contribution in [0, 0.1) is 5.82 Å². The van der Waals surface area contributed by atoms with Crippen LogP contribution in [0.3, 0.4) is 0 Å². The van der Waals surface area contributed by atoms with Gasteiger partial charge in [0.1, 0.15) is 11.9 Å². The zero-order valence-electron chi connectivity index (χ0n) is 18.5. The van der Waals surface area contributed by atoms with Gasteiger partial charge < -0.3 is 15.5 Å². The third kappa shape index (κ3) is 3.96. The average Bonchev–Trinajstić information content (AvgIpc) is 3.59. The fourth-order valence-electron chi connectivity index (χ4n) is 4.57. The predicted molar refractivity (Wildman–Crippen MR) is 124 cm³/mol. The Balaban J connectivity index is 1.55. The fourth-order valence-corrected chi connectivity index (χ4v) is 4.57. The van der Waals surface area contributed by atoms with Crippen molar-refractivity contribution < 1.29 is 18.8 Å². The lowest BCUT2D eigenvalue weighted by atomic mass is 9.95. The van der Waals surface area contributed by atoms with Crippen molar-refractivity contribution in [2.75, 3.05) is 13.1 Å². The highest BCUT2D eigenvalue weighted by Gasteiger charge is 2.47. The number of urea groups is 1. The van der Waals surface area contributed by atoms with E-state index in [1.807, 2.05) is 30.3 Å². The molecule has 4 amide bonds. The summed E-state index contributed by atoms with van der Waals surface area (Å²) in [6.07, 6.45) is 3.44. The molecule has 174 valence electrons. The SMILES string of the molecule is C=CCN1C(=O)N[C@H](c2ccc(F)cc2)C2=C1CN([C@H](C(=O)NC1CC1)c1ccccc1)C2=O. The van der Waals surface area contributed by atoms with Crippen LogP contribution in [0.15, 0.2) is 78.5 Å². The molecule has 0 spiro atoms. The Bertz CT molecular complexity index is 1170. The van der Waals surface area contributed by atoms with Crippen LogP contribution in [0.1, 0.15) is 36.1 Å². The number of amides is 4. The van der Waals surface area contributed by atoms with Gasteiger partial charge in [-0.1, -0.05) is 48.5 Å². The quantitative estimate of drug-likeness (QED) is 0.623. The number of halogens is 1. The normalized spacial score (nSPS) is 20.7. The van der Waals surface area contributed by atoms with Crippen molar-refractivity contribution in [1.29, 1.82) is 0 Å². The minimum absolute atomic E-state index is 0.102. The van der Waals surface area contributed by atoms with Gasteiger partial charge in [0.2, 0.25) is 5.91 Å². The van der Waals surface area contributed by atoms with Gasteiger partial charge in [0, 0.05) is 12.6 Å². The first-order valence-corrected chi connectivity index (χ1v) is 11.3. The van der Waals surface area contributed by atoms with Gasteiger partial charge in [-0.2, -0.15) is 0 Å². The summed E-state index contributed by atoms with van der Waals surface area (Å²) in [4.78, 5) is 43.2. The molecule has 0 aromatic heterocycles. The smallest absolute Gasteiger partial charge is 0.322 e. The number of benzene rings is 2. The van der Waals surface area contributed by atoms with E-state index >= 15 is 0 Å². The molecule has 1 aliphatic carbocycles. The van der Waals surface area contributed by atoms with Crippen molar-refractivity contribution in [1.82, 2.24) is 20.4 Å². The summed E-state index contributed by atoms with van der Waals surface area (Å²) in [5, 5.41) is 5.89. The number of hydrogen-bond donors (Lipinski definition) is 2. The fraction of sp³-hybridized carbons (Fsp3) is 0.269. The second-order valence-corrected chi connectivity index (χ2v) is 8.72. The van der Waals surface area contributed by atoms with Crippen LogP contribution in [0.5, 0.6) is 0 Å². The van der Waals surface area contributed by atoms with E-state index in [4.69, 9.17) is 0 Å². The molecule has 0 radical (unpaired) electrons. The van der Waals surface area contributed by atoms with E-state index in [0.717, 1.165) is 12.8 Å². The summed E-state index contributed by atoms with van der Waals surface area (Å²) >= 11 is 0.